The van der Waals surface area contributed by atoms with Crippen LogP contribution in [-0.2, 0) is 7.05 Å². The van der Waals surface area contributed by atoms with Gasteiger partial charge in [0, 0.05) is 25.0 Å². The van der Waals surface area contributed by atoms with Gasteiger partial charge in [-0.25, -0.2) is 4.98 Å². The minimum atomic E-state index is -0.0370. The maximum atomic E-state index is 5.48. The molecule has 0 bridgehead atoms. The van der Waals surface area contributed by atoms with Gasteiger partial charge in [-0.2, -0.15) is 0 Å². The number of methoxy groups -OCH3 is 2. The molecule has 0 spiro atoms. The summed E-state index contributed by atoms with van der Waals surface area (Å²) in [5.41, 5.74) is 1.02. The van der Waals surface area contributed by atoms with Crippen molar-refractivity contribution in [2.75, 3.05) is 20.8 Å². The van der Waals surface area contributed by atoms with Gasteiger partial charge in [-0.15, -0.1) is 0 Å². The second-order valence-electron chi connectivity index (χ2n) is 4.49. The van der Waals surface area contributed by atoms with E-state index in [1.807, 2.05) is 36.0 Å². The topological polar surface area (TPSA) is 48.3 Å². The summed E-state index contributed by atoms with van der Waals surface area (Å²) in [7, 11) is 5.32. The Hall–Kier alpha value is -2.01. The molecular formula is C15H21N3O2. The van der Waals surface area contributed by atoms with Crippen LogP contribution < -0.4 is 14.8 Å². The predicted molar refractivity (Wildman–Crippen MR) is 78.3 cm³/mol. The Morgan fingerprint density at radius 2 is 2.10 bits per heavy atom. The second-order valence-corrected chi connectivity index (χ2v) is 4.49. The third-order valence-electron chi connectivity index (χ3n) is 3.27. The molecule has 1 heterocycles. The number of nitrogens with zero attached hydrogens (tertiary/aromatic N) is 2. The third-order valence-corrected chi connectivity index (χ3v) is 3.27. The molecule has 5 nitrogen and oxygen atoms in total. The normalized spacial score (nSPS) is 12.2. The van der Waals surface area contributed by atoms with Gasteiger partial charge in [0.1, 0.15) is 17.3 Å². The first kappa shape index (κ1) is 14.4. The fourth-order valence-corrected chi connectivity index (χ4v) is 2.26. The predicted octanol–water partition coefficient (Wildman–Crippen LogP) is 2.14. The van der Waals surface area contributed by atoms with Crippen LogP contribution in [0.25, 0.3) is 0 Å². The monoisotopic (exact) mass is 275 g/mol. The Kier molecular flexibility index (Phi) is 4.63. The van der Waals surface area contributed by atoms with Crippen LogP contribution in [0.15, 0.2) is 30.6 Å². The van der Waals surface area contributed by atoms with Crippen molar-refractivity contribution in [3.8, 4) is 11.5 Å². The van der Waals surface area contributed by atoms with Crippen molar-refractivity contribution >= 4 is 0 Å². The number of ether oxygens (including phenoxy) is 2. The smallest absolute Gasteiger partial charge is 0.130 e. The lowest BCUT2D eigenvalue weighted by atomic mass is 10.0. The van der Waals surface area contributed by atoms with E-state index in [4.69, 9.17) is 9.47 Å². The Morgan fingerprint density at radius 1 is 1.30 bits per heavy atom. The lowest BCUT2D eigenvalue weighted by molar-refractivity contribution is 0.392. The standard InChI is InChI=1S/C15H21N3O2/c1-5-16-14(15-17-8-9-18(15)2)12-10-11(19-3)6-7-13(12)20-4/h6-10,14,16H,5H2,1-4H3. The zero-order chi connectivity index (χ0) is 14.5. The Morgan fingerprint density at radius 3 is 2.65 bits per heavy atom. The fourth-order valence-electron chi connectivity index (χ4n) is 2.26. The summed E-state index contributed by atoms with van der Waals surface area (Å²) in [5, 5.41) is 3.45. The molecule has 1 atom stereocenters. The van der Waals surface area contributed by atoms with Crippen LogP contribution in [0.2, 0.25) is 0 Å². The number of hydrogen-bond acceptors (Lipinski definition) is 4. The van der Waals surface area contributed by atoms with Gasteiger partial charge in [0.25, 0.3) is 0 Å². The van der Waals surface area contributed by atoms with Gasteiger partial charge in [-0.05, 0) is 24.7 Å². The second kappa shape index (κ2) is 6.43. The molecule has 0 saturated heterocycles. The highest BCUT2D eigenvalue weighted by atomic mass is 16.5. The number of hydrogen-bond donors (Lipinski definition) is 1. The molecule has 0 fully saturated rings. The summed E-state index contributed by atoms with van der Waals surface area (Å²) >= 11 is 0. The van der Waals surface area contributed by atoms with Crippen molar-refractivity contribution in [1.82, 2.24) is 14.9 Å². The van der Waals surface area contributed by atoms with Gasteiger partial charge >= 0.3 is 0 Å². The first-order valence-corrected chi connectivity index (χ1v) is 6.63. The van der Waals surface area contributed by atoms with Gasteiger partial charge in [0.2, 0.25) is 0 Å². The minimum absolute atomic E-state index is 0.0370. The van der Waals surface area contributed by atoms with E-state index in [1.165, 1.54) is 0 Å². The number of nitrogens with one attached hydrogen (secondary N) is 1. The molecule has 1 aromatic heterocycles. The molecule has 0 saturated carbocycles. The molecule has 1 N–H and O–H groups in total. The first-order chi connectivity index (χ1) is 9.71. The van der Waals surface area contributed by atoms with Gasteiger partial charge < -0.3 is 19.4 Å². The van der Waals surface area contributed by atoms with E-state index in [9.17, 15) is 0 Å². The lowest BCUT2D eigenvalue weighted by Gasteiger charge is -2.21. The van der Waals surface area contributed by atoms with Crippen molar-refractivity contribution in [2.45, 2.75) is 13.0 Å². The summed E-state index contributed by atoms with van der Waals surface area (Å²) < 4.78 is 12.8. The van der Waals surface area contributed by atoms with Crippen LogP contribution in [-0.4, -0.2) is 30.3 Å². The molecule has 0 aliphatic carbocycles. The lowest BCUT2D eigenvalue weighted by Crippen LogP contribution is -2.25. The van der Waals surface area contributed by atoms with Crippen molar-refractivity contribution in [3.63, 3.8) is 0 Å². The Labute approximate surface area is 119 Å². The third kappa shape index (κ3) is 2.77. The molecule has 5 heteroatoms. The number of imidazole rings is 1. The zero-order valence-electron chi connectivity index (χ0n) is 12.4. The van der Waals surface area contributed by atoms with Gasteiger partial charge in [-0.3, -0.25) is 0 Å². The van der Waals surface area contributed by atoms with Gasteiger partial charge in [-0.1, -0.05) is 6.92 Å². The number of rotatable bonds is 6. The van der Waals surface area contributed by atoms with Crippen LogP contribution in [0.5, 0.6) is 11.5 Å². The van der Waals surface area contributed by atoms with Crippen LogP contribution in [0.1, 0.15) is 24.4 Å². The molecule has 1 unspecified atom stereocenters. The SMILES string of the molecule is CCNC(c1cc(OC)ccc1OC)c1nccn1C. The molecule has 2 aromatic rings. The molecule has 0 aliphatic heterocycles. The minimum Gasteiger partial charge on any atom is -0.497 e. The summed E-state index contributed by atoms with van der Waals surface area (Å²) in [6.07, 6.45) is 3.73. The van der Waals surface area contributed by atoms with E-state index in [0.29, 0.717) is 0 Å². The van der Waals surface area contributed by atoms with E-state index < -0.39 is 0 Å². The van der Waals surface area contributed by atoms with E-state index in [2.05, 4.69) is 17.2 Å². The number of aromatic nitrogens is 2. The van der Waals surface area contributed by atoms with E-state index >= 15 is 0 Å². The maximum Gasteiger partial charge on any atom is 0.130 e. The number of aryl methyl sites for hydroxylation is 1. The highest BCUT2D eigenvalue weighted by Crippen LogP contribution is 2.32. The largest absolute Gasteiger partial charge is 0.497 e. The summed E-state index contributed by atoms with van der Waals surface area (Å²) in [5.74, 6) is 2.57. The molecule has 20 heavy (non-hydrogen) atoms. The van der Waals surface area contributed by atoms with Crippen molar-refractivity contribution < 1.29 is 9.47 Å². The fraction of sp³-hybridized carbons (Fsp3) is 0.400. The van der Waals surface area contributed by atoms with Crippen molar-refractivity contribution in [1.29, 1.82) is 0 Å². The summed E-state index contributed by atoms with van der Waals surface area (Å²) in [6.45, 7) is 2.90. The highest BCUT2D eigenvalue weighted by Gasteiger charge is 2.21. The Bertz CT molecular complexity index is 566. The molecule has 108 valence electrons. The van der Waals surface area contributed by atoms with Gasteiger partial charge in [0.05, 0.1) is 20.3 Å². The molecular weight excluding hydrogens is 254 g/mol. The van der Waals surface area contributed by atoms with Crippen LogP contribution >= 0.6 is 0 Å². The van der Waals surface area contributed by atoms with Crippen LogP contribution in [0.3, 0.4) is 0 Å². The Balaban J connectivity index is 2.50. The van der Waals surface area contributed by atoms with Gasteiger partial charge in [0.15, 0.2) is 0 Å². The molecule has 2 rings (SSSR count). The quantitative estimate of drug-likeness (QED) is 0.877. The van der Waals surface area contributed by atoms with E-state index in [0.717, 1.165) is 29.4 Å². The average molecular weight is 275 g/mol. The molecule has 0 aliphatic rings. The van der Waals surface area contributed by atoms with Crippen LogP contribution in [0.4, 0.5) is 0 Å². The zero-order valence-corrected chi connectivity index (χ0v) is 12.4. The molecule has 0 amide bonds. The van der Waals surface area contributed by atoms with E-state index in [-0.39, 0.29) is 6.04 Å². The highest BCUT2D eigenvalue weighted by molar-refractivity contribution is 5.44. The summed E-state index contributed by atoms with van der Waals surface area (Å²) in [4.78, 5) is 4.45. The van der Waals surface area contributed by atoms with Crippen molar-refractivity contribution in [3.05, 3.63) is 42.0 Å². The van der Waals surface area contributed by atoms with Crippen LogP contribution in [0, 0.1) is 0 Å². The number of benzene rings is 1. The molecule has 0 radical (unpaired) electrons. The molecule has 1 aromatic carbocycles. The maximum absolute atomic E-state index is 5.48. The first-order valence-electron chi connectivity index (χ1n) is 6.63. The summed E-state index contributed by atoms with van der Waals surface area (Å²) in [6, 6.07) is 5.76. The van der Waals surface area contributed by atoms with E-state index in [1.54, 1.807) is 20.4 Å². The average Bonchev–Trinajstić information content (AvgIpc) is 2.90. The van der Waals surface area contributed by atoms with Crippen molar-refractivity contribution in [2.24, 2.45) is 7.05 Å².